The van der Waals surface area contributed by atoms with Gasteiger partial charge in [-0.1, -0.05) is 107 Å². The fraction of sp³-hybridized carbons (Fsp3) is 0.276. The number of hydrogen-bond acceptors (Lipinski definition) is 0. The van der Waals surface area contributed by atoms with Gasteiger partial charge in [-0.15, -0.1) is 34.5 Å². The van der Waals surface area contributed by atoms with Gasteiger partial charge in [0.05, 0.1) is 0 Å². The first-order chi connectivity index (χ1) is 15.3. The zero-order valence-corrected chi connectivity index (χ0v) is 23.5. The average molecular weight is 542 g/mol. The van der Waals surface area contributed by atoms with E-state index >= 15 is 0 Å². The molecule has 32 heavy (non-hydrogen) atoms. The van der Waals surface area contributed by atoms with Crippen LogP contribution in [-0.2, 0) is 26.3 Å². The number of benzene rings is 3. The normalized spacial score (nSPS) is 12.2. The van der Waals surface area contributed by atoms with Gasteiger partial charge in [-0.3, -0.25) is 0 Å². The molecule has 0 amide bonds. The summed E-state index contributed by atoms with van der Waals surface area (Å²) in [4.78, 5) is 0. The number of fused-ring (bicyclic) bond motifs is 1. The van der Waals surface area contributed by atoms with Gasteiger partial charge in [-0.2, -0.15) is 6.07 Å². The summed E-state index contributed by atoms with van der Waals surface area (Å²) in [7, 11) is 9.87. The molecule has 0 nitrogen and oxygen atoms in total. The van der Waals surface area contributed by atoms with Gasteiger partial charge in [0.1, 0.15) is 0 Å². The molecular formula is C29H31Cl2Zr-. The first kappa shape index (κ1) is 25.4. The Balaban J connectivity index is 0.000000913. The molecule has 0 aliphatic rings. The monoisotopic (exact) mass is 539 g/mol. The zero-order chi connectivity index (χ0) is 23.3. The predicted molar refractivity (Wildman–Crippen MR) is 140 cm³/mol. The van der Waals surface area contributed by atoms with Crippen LogP contribution < -0.4 is 0 Å². The third kappa shape index (κ3) is 5.62. The molecule has 0 heterocycles. The number of hydrogen-bond donors (Lipinski definition) is 0. The topological polar surface area (TPSA) is 0 Å². The van der Waals surface area contributed by atoms with Crippen molar-refractivity contribution in [3.63, 3.8) is 0 Å². The van der Waals surface area contributed by atoms with Gasteiger partial charge in [0.2, 0.25) is 0 Å². The van der Waals surface area contributed by atoms with Crippen LogP contribution in [0.5, 0.6) is 0 Å². The van der Waals surface area contributed by atoms with E-state index in [0.29, 0.717) is 5.92 Å². The molecule has 0 saturated carbocycles. The molecule has 0 spiro atoms. The molecule has 0 bridgehead atoms. The fourth-order valence-electron chi connectivity index (χ4n) is 4.31. The summed E-state index contributed by atoms with van der Waals surface area (Å²) in [5.74, 6) is 0.581. The molecule has 4 aromatic carbocycles. The minimum atomic E-state index is -0.826. The van der Waals surface area contributed by atoms with Crippen LogP contribution in [0.3, 0.4) is 0 Å². The van der Waals surface area contributed by atoms with Crippen molar-refractivity contribution in [1.29, 1.82) is 0 Å². The van der Waals surface area contributed by atoms with Gasteiger partial charge < -0.3 is 0 Å². The quantitative estimate of drug-likeness (QED) is 0.226. The molecule has 4 rings (SSSR count). The molecule has 0 radical (unpaired) electrons. The summed E-state index contributed by atoms with van der Waals surface area (Å²) in [6.07, 6.45) is 1.17. The summed E-state index contributed by atoms with van der Waals surface area (Å²) < 4.78 is 0. The van der Waals surface area contributed by atoms with Gasteiger partial charge in [0.15, 0.2) is 0 Å². The van der Waals surface area contributed by atoms with Crippen LogP contribution in [0.2, 0.25) is 0 Å². The van der Waals surface area contributed by atoms with Crippen molar-refractivity contribution in [2.75, 3.05) is 0 Å². The maximum atomic E-state index is 4.93. The van der Waals surface area contributed by atoms with E-state index in [4.69, 9.17) is 17.0 Å². The third-order valence-electron chi connectivity index (χ3n) is 6.18. The van der Waals surface area contributed by atoms with Crippen LogP contribution in [0, 0.1) is 0 Å². The molecule has 1 atom stereocenters. The van der Waals surface area contributed by atoms with Crippen LogP contribution in [0.25, 0.3) is 33.0 Å². The standard InChI is InChI=1S/C29H31.2ClH.Zr/c1-6-20(2)23-18-22-16-17-27(29(3,4)5)28(26(22)19-23)25-15-11-10-14-24(25)21-12-8-7-9-13-21;;;/h7-20H,6H2,1-5H3;2*1H;/q-1;;;+2/p-2. The summed E-state index contributed by atoms with van der Waals surface area (Å²) >= 11 is -0.826. The van der Waals surface area contributed by atoms with E-state index in [1.54, 1.807) is 0 Å². The molecule has 0 aromatic heterocycles. The molecule has 0 fully saturated rings. The van der Waals surface area contributed by atoms with Crippen molar-refractivity contribution in [2.45, 2.75) is 52.4 Å². The minimum absolute atomic E-state index is 0.0706. The van der Waals surface area contributed by atoms with E-state index in [1.807, 2.05) is 0 Å². The van der Waals surface area contributed by atoms with Crippen LogP contribution in [0.4, 0.5) is 0 Å². The van der Waals surface area contributed by atoms with E-state index in [0.717, 1.165) is 0 Å². The average Bonchev–Trinajstić information content (AvgIpc) is 3.23. The Hall–Kier alpha value is -1.27. The third-order valence-corrected chi connectivity index (χ3v) is 6.18. The molecule has 166 valence electrons. The molecule has 3 heteroatoms. The van der Waals surface area contributed by atoms with E-state index < -0.39 is 20.8 Å². The Morgan fingerprint density at radius 3 is 2.06 bits per heavy atom. The van der Waals surface area contributed by atoms with Crippen molar-refractivity contribution in [3.05, 3.63) is 90.0 Å². The molecule has 0 N–H and O–H groups in total. The van der Waals surface area contributed by atoms with Gasteiger partial charge in [-0.05, 0) is 28.0 Å². The van der Waals surface area contributed by atoms with Crippen molar-refractivity contribution in [1.82, 2.24) is 0 Å². The second-order valence-corrected chi connectivity index (χ2v) is 13.1. The summed E-state index contributed by atoms with van der Waals surface area (Å²) in [5.41, 5.74) is 8.23. The van der Waals surface area contributed by atoms with Crippen LogP contribution in [-0.4, -0.2) is 0 Å². The Labute approximate surface area is 212 Å². The number of rotatable bonds is 4. The Bertz CT molecular complexity index is 1150. The van der Waals surface area contributed by atoms with Gasteiger partial charge in [0, 0.05) is 0 Å². The van der Waals surface area contributed by atoms with Crippen molar-refractivity contribution in [2.24, 2.45) is 0 Å². The molecule has 0 aliphatic heterocycles. The van der Waals surface area contributed by atoms with E-state index in [-0.39, 0.29) is 5.41 Å². The summed E-state index contributed by atoms with van der Waals surface area (Å²) in [6.45, 7) is 11.6. The Morgan fingerprint density at radius 1 is 0.875 bits per heavy atom. The fourth-order valence-corrected chi connectivity index (χ4v) is 4.31. The summed E-state index contributed by atoms with van der Waals surface area (Å²) in [6, 6.07) is 29.1. The van der Waals surface area contributed by atoms with Gasteiger partial charge in [0.25, 0.3) is 0 Å². The van der Waals surface area contributed by atoms with E-state index in [1.165, 1.54) is 50.6 Å². The van der Waals surface area contributed by atoms with Gasteiger partial charge >= 0.3 is 37.9 Å². The van der Waals surface area contributed by atoms with E-state index in [2.05, 4.69) is 113 Å². The van der Waals surface area contributed by atoms with E-state index in [9.17, 15) is 0 Å². The second-order valence-electron chi connectivity index (χ2n) is 9.32. The Kier molecular flexibility index (Phi) is 8.91. The second kappa shape index (κ2) is 11.2. The van der Waals surface area contributed by atoms with Crippen LogP contribution >= 0.6 is 17.0 Å². The number of halogens is 2. The predicted octanol–water partition coefficient (Wildman–Crippen LogP) is 10.1. The molecule has 1 unspecified atom stereocenters. The van der Waals surface area contributed by atoms with Crippen molar-refractivity contribution in [3.8, 4) is 22.3 Å². The molecule has 0 saturated heterocycles. The van der Waals surface area contributed by atoms with Gasteiger partial charge in [-0.25, -0.2) is 0 Å². The molecule has 0 aliphatic carbocycles. The molecular weight excluding hydrogens is 510 g/mol. The Morgan fingerprint density at radius 2 is 1.47 bits per heavy atom. The first-order valence-electron chi connectivity index (χ1n) is 11.2. The van der Waals surface area contributed by atoms with Crippen molar-refractivity contribution < 1.29 is 20.8 Å². The summed E-state index contributed by atoms with van der Waals surface area (Å²) in [5, 5.41) is 2.74. The maximum absolute atomic E-state index is 4.93. The SMILES string of the molecule is CCC(C)c1cc2c(-c3ccccc3-c3ccccc3)c(C(C)(C)C)ccc2[cH-]1.[Cl][Zr][Cl]. The molecule has 4 aromatic rings. The van der Waals surface area contributed by atoms with Crippen LogP contribution in [0.15, 0.2) is 78.9 Å². The van der Waals surface area contributed by atoms with Crippen molar-refractivity contribution >= 4 is 27.8 Å². The zero-order valence-electron chi connectivity index (χ0n) is 19.5. The van der Waals surface area contributed by atoms with Crippen LogP contribution in [0.1, 0.15) is 58.1 Å². The first-order valence-corrected chi connectivity index (χ1v) is 17.5.